The van der Waals surface area contributed by atoms with E-state index in [9.17, 15) is 0 Å². The lowest BCUT2D eigenvalue weighted by atomic mass is 10.0. The van der Waals surface area contributed by atoms with E-state index in [2.05, 4.69) is 82.7 Å². The average molecular weight is 347 g/mol. The molecule has 22 heavy (non-hydrogen) atoms. The van der Waals surface area contributed by atoms with E-state index in [1.165, 1.54) is 21.5 Å². The molecule has 0 amide bonds. The van der Waals surface area contributed by atoms with Crippen molar-refractivity contribution in [1.29, 1.82) is 0 Å². The maximum atomic E-state index is 6.12. The summed E-state index contributed by atoms with van der Waals surface area (Å²) in [5.74, 6) is 0. The van der Waals surface area contributed by atoms with E-state index in [0.29, 0.717) is 0 Å². The van der Waals surface area contributed by atoms with E-state index < -0.39 is 0 Å². The molecule has 0 spiro atoms. The van der Waals surface area contributed by atoms with Gasteiger partial charge in [0.15, 0.2) is 0 Å². The average Bonchev–Trinajstić information content (AvgIpc) is 2.90. The van der Waals surface area contributed by atoms with Crippen molar-refractivity contribution in [3.05, 3.63) is 71.2 Å². The first-order chi connectivity index (χ1) is 10.8. The number of benzene rings is 4. The van der Waals surface area contributed by atoms with Gasteiger partial charge in [0.2, 0.25) is 0 Å². The number of halogens is 1. The molecule has 0 saturated heterocycles. The lowest BCUT2D eigenvalue weighted by molar-refractivity contribution is 0.670. The van der Waals surface area contributed by atoms with Crippen molar-refractivity contribution in [3.8, 4) is 0 Å². The van der Waals surface area contributed by atoms with Gasteiger partial charge in [0.1, 0.15) is 11.2 Å². The number of hydrogen-bond donors (Lipinski definition) is 0. The number of fused-ring (bicyclic) bond motifs is 5. The molecule has 0 saturated carbocycles. The summed E-state index contributed by atoms with van der Waals surface area (Å²) < 4.78 is 7.23. The summed E-state index contributed by atoms with van der Waals surface area (Å²) in [6.07, 6.45) is 0. The monoisotopic (exact) mass is 346 g/mol. The van der Waals surface area contributed by atoms with Crippen molar-refractivity contribution in [3.63, 3.8) is 0 Å². The van der Waals surface area contributed by atoms with Crippen LogP contribution < -0.4 is 0 Å². The second-order valence-corrected chi connectivity index (χ2v) is 6.38. The minimum atomic E-state index is 0.927. The van der Waals surface area contributed by atoms with E-state index >= 15 is 0 Å². The van der Waals surface area contributed by atoms with Crippen LogP contribution in [0.4, 0.5) is 0 Å². The van der Waals surface area contributed by atoms with E-state index in [1.54, 1.807) is 0 Å². The van der Waals surface area contributed by atoms with Gasteiger partial charge in [-0.3, -0.25) is 0 Å². The third-order valence-electron chi connectivity index (χ3n) is 4.29. The minimum absolute atomic E-state index is 0.927. The summed E-state index contributed by atoms with van der Waals surface area (Å²) in [5, 5.41) is 7.15. The minimum Gasteiger partial charge on any atom is -0.456 e. The Morgan fingerprint density at radius 3 is 2.09 bits per heavy atom. The summed E-state index contributed by atoms with van der Waals surface area (Å²) in [5.41, 5.74) is 1.86. The molecule has 0 atom stereocenters. The Labute approximate surface area is 135 Å². The van der Waals surface area contributed by atoms with Crippen LogP contribution in [0.2, 0.25) is 0 Å². The smallest absolute Gasteiger partial charge is 0.137 e. The molecule has 0 aliphatic rings. The molecule has 5 aromatic rings. The van der Waals surface area contributed by atoms with Gasteiger partial charge in [0.05, 0.1) is 0 Å². The van der Waals surface area contributed by atoms with Crippen LogP contribution in [0.25, 0.3) is 43.5 Å². The van der Waals surface area contributed by atoms with Crippen LogP contribution >= 0.6 is 15.9 Å². The number of rotatable bonds is 0. The predicted octanol–water partition coefficient (Wildman–Crippen LogP) is 6.65. The summed E-state index contributed by atoms with van der Waals surface area (Å²) in [6, 6.07) is 23.2. The molecule has 0 aliphatic heterocycles. The van der Waals surface area contributed by atoms with E-state index in [0.717, 1.165) is 26.4 Å². The van der Waals surface area contributed by atoms with Crippen molar-refractivity contribution >= 4 is 59.4 Å². The second-order valence-electron chi connectivity index (χ2n) is 5.58. The van der Waals surface area contributed by atoms with Crippen LogP contribution in [0.15, 0.2) is 75.6 Å². The highest BCUT2D eigenvalue weighted by atomic mass is 79.9. The van der Waals surface area contributed by atoms with Crippen LogP contribution in [0.3, 0.4) is 0 Å². The van der Waals surface area contributed by atoms with Crippen LogP contribution in [0, 0.1) is 0 Å². The summed E-state index contributed by atoms with van der Waals surface area (Å²) in [7, 11) is 0. The van der Waals surface area contributed by atoms with Gasteiger partial charge in [-0.15, -0.1) is 0 Å². The molecule has 104 valence electrons. The fraction of sp³-hybridized carbons (Fsp3) is 0. The first-order valence-corrected chi connectivity index (χ1v) is 8.03. The number of furan rings is 1. The van der Waals surface area contributed by atoms with E-state index in [1.807, 2.05) is 0 Å². The highest BCUT2D eigenvalue weighted by Gasteiger charge is 2.13. The van der Waals surface area contributed by atoms with Gasteiger partial charge >= 0.3 is 0 Å². The Balaban J connectivity index is 2.05. The van der Waals surface area contributed by atoms with Crippen molar-refractivity contribution in [2.24, 2.45) is 0 Å². The van der Waals surface area contributed by atoms with Gasteiger partial charge < -0.3 is 4.42 Å². The molecule has 1 heterocycles. The molecule has 2 heteroatoms. The number of hydrogen-bond acceptors (Lipinski definition) is 1. The normalized spacial score (nSPS) is 11.9. The molecule has 0 N–H and O–H groups in total. The van der Waals surface area contributed by atoms with Crippen molar-refractivity contribution in [1.82, 2.24) is 0 Å². The van der Waals surface area contributed by atoms with Crippen molar-refractivity contribution in [2.45, 2.75) is 0 Å². The largest absolute Gasteiger partial charge is 0.456 e. The first kappa shape index (κ1) is 12.2. The Morgan fingerprint density at radius 1 is 0.636 bits per heavy atom. The molecule has 0 unspecified atom stereocenters. The van der Waals surface area contributed by atoms with E-state index in [-0.39, 0.29) is 0 Å². The highest BCUT2D eigenvalue weighted by Crippen LogP contribution is 2.40. The Kier molecular flexibility index (Phi) is 2.42. The summed E-state index contributed by atoms with van der Waals surface area (Å²) in [4.78, 5) is 0. The SMILES string of the molecule is Brc1c2ccccc2cc2oc3cc4ccccc4cc3c12. The van der Waals surface area contributed by atoms with Gasteiger partial charge in [-0.2, -0.15) is 0 Å². The first-order valence-electron chi connectivity index (χ1n) is 7.23. The van der Waals surface area contributed by atoms with Gasteiger partial charge in [-0.05, 0) is 55.7 Å². The molecule has 0 fully saturated rings. The molecule has 1 nitrogen and oxygen atoms in total. The topological polar surface area (TPSA) is 13.1 Å². The van der Waals surface area contributed by atoms with Crippen molar-refractivity contribution < 1.29 is 4.42 Å². The third kappa shape index (κ3) is 1.59. The zero-order valence-corrected chi connectivity index (χ0v) is 13.2. The third-order valence-corrected chi connectivity index (χ3v) is 5.11. The predicted molar refractivity (Wildman–Crippen MR) is 96.4 cm³/mol. The lowest BCUT2D eigenvalue weighted by Gasteiger charge is -2.02. The molecular weight excluding hydrogens is 336 g/mol. The quantitative estimate of drug-likeness (QED) is 0.305. The Hall–Kier alpha value is -2.32. The summed E-state index contributed by atoms with van der Waals surface area (Å²) in [6.45, 7) is 0. The standard InChI is InChI=1S/C20H11BrO/c21-20-15-8-4-3-7-14(15)11-18-19(20)16-9-12-5-1-2-6-13(12)10-17(16)22-18/h1-11H. The van der Waals surface area contributed by atoms with Crippen LogP contribution in [0.1, 0.15) is 0 Å². The van der Waals surface area contributed by atoms with Gasteiger partial charge in [-0.25, -0.2) is 0 Å². The maximum Gasteiger partial charge on any atom is 0.137 e. The second kappa shape index (κ2) is 4.34. The molecule has 0 bridgehead atoms. The highest BCUT2D eigenvalue weighted by molar-refractivity contribution is 9.10. The van der Waals surface area contributed by atoms with Crippen LogP contribution in [0.5, 0.6) is 0 Å². The molecule has 1 aromatic heterocycles. The molecule has 4 aromatic carbocycles. The molecule has 0 aliphatic carbocycles. The Morgan fingerprint density at radius 2 is 1.27 bits per heavy atom. The molecule has 5 rings (SSSR count). The maximum absolute atomic E-state index is 6.12. The van der Waals surface area contributed by atoms with Gasteiger partial charge in [0.25, 0.3) is 0 Å². The fourth-order valence-electron chi connectivity index (χ4n) is 3.23. The van der Waals surface area contributed by atoms with Crippen molar-refractivity contribution in [2.75, 3.05) is 0 Å². The Bertz CT molecular complexity index is 1180. The molecule has 0 radical (unpaired) electrons. The zero-order valence-electron chi connectivity index (χ0n) is 11.6. The van der Waals surface area contributed by atoms with Gasteiger partial charge in [-0.1, -0.05) is 48.5 Å². The summed E-state index contributed by atoms with van der Waals surface area (Å²) >= 11 is 3.79. The van der Waals surface area contributed by atoms with Crippen LogP contribution in [-0.2, 0) is 0 Å². The fourth-order valence-corrected chi connectivity index (χ4v) is 4.00. The van der Waals surface area contributed by atoms with Crippen LogP contribution in [-0.4, -0.2) is 0 Å². The molecular formula is C20H11BrO. The zero-order chi connectivity index (χ0) is 14.7. The van der Waals surface area contributed by atoms with Gasteiger partial charge in [0, 0.05) is 15.2 Å². The lowest BCUT2D eigenvalue weighted by Crippen LogP contribution is -1.77. The van der Waals surface area contributed by atoms with E-state index in [4.69, 9.17) is 4.42 Å².